The number of rotatable bonds is 5. The number of thiazole rings is 1. The Balaban J connectivity index is 1.58. The van der Waals surface area contributed by atoms with Gasteiger partial charge in [-0.25, -0.2) is 9.67 Å². The smallest absolute Gasteiger partial charge is 0.305 e. The minimum Gasteiger partial charge on any atom is -0.393 e. The molecular weight excluding hydrogens is 360 g/mol. The van der Waals surface area contributed by atoms with E-state index < -0.39 is 0 Å². The van der Waals surface area contributed by atoms with Crippen LogP contribution in [-0.2, 0) is 6.42 Å². The molecule has 2 atom stereocenters. The molecule has 0 aliphatic heterocycles. The number of fused-ring (bicyclic) bond motifs is 1. The van der Waals surface area contributed by atoms with E-state index >= 15 is 0 Å². The second-order valence-corrected chi connectivity index (χ2v) is 7.77. The second kappa shape index (κ2) is 7.09. The molecule has 2 N–H and O–H groups in total. The fraction of sp³-hybridized carbons (Fsp3) is 0.250. The molecule has 0 aliphatic carbocycles. The van der Waals surface area contributed by atoms with Crippen molar-refractivity contribution in [1.29, 1.82) is 0 Å². The molecule has 1 unspecified atom stereocenters. The van der Waals surface area contributed by atoms with Crippen molar-refractivity contribution in [2.45, 2.75) is 32.3 Å². The van der Waals surface area contributed by atoms with Gasteiger partial charge in [0.15, 0.2) is 5.82 Å². The molecule has 0 fully saturated rings. The van der Waals surface area contributed by atoms with Crippen molar-refractivity contribution in [2.24, 2.45) is 0 Å². The van der Waals surface area contributed by atoms with Crippen LogP contribution >= 0.6 is 11.3 Å². The van der Waals surface area contributed by atoms with Crippen LogP contribution < -0.4 is 4.87 Å². The van der Waals surface area contributed by atoms with Crippen LogP contribution in [0.3, 0.4) is 0 Å². The first-order chi connectivity index (χ1) is 13.0. The Kier molecular flexibility index (Phi) is 4.63. The second-order valence-electron chi connectivity index (χ2n) is 6.75. The number of aromatic nitrogens is 4. The Labute approximate surface area is 160 Å². The third-order valence-corrected chi connectivity index (χ3v) is 5.42. The topological polar surface area (TPSA) is 83.8 Å². The van der Waals surface area contributed by atoms with Gasteiger partial charge in [0.25, 0.3) is 0 Å². The number of benzene rings is 1. The standard InChI is InChI=1S/C20H20N4O2S/c1-12(25)9-14-3-6-19(21-11-14)24-8-7-16(23-24)13(2)15-4-5-17-18(10-15)27-20(26)22-17/h3-8,10-13,25H,9H2,1-2H3,(H,22,26)/t12?,13-/m0/s1. The first kappa shape index (κ1) is 17.6. The Morgan fingerprint density at radius 3 is 2.81 bits per heavy atom. The van der Waals surface area contributed by atoms with Gasteiger partial charge in [0, 0.05) is 18.3 Å². The normalized spacial score (nSPS) is 13.7. The zero-order valence-electron chi connectivity index (χ0n) is 15.1. The lowest BCUT2D eigenvalue weighted by molar-refractivity contribution is 0.195. The highest BCUT2D eigenvalue weighted by atomic mass is 32.1. The van der Waals surface area contributed by atoms with E-state index in [1.165, 1.54) is 11.3 Å². The van der Waals surface area contributed by atoms with Gasteiger partial charge >= 0.3 is 4.87 Å². The minimum absolute atomic E-state index is 0.0378. The molecule has 6 nitrogen and oxygen atoms in total. The molecule has 27 heavy (non-hydrogen) atoms. The third kappa shape index (κ3) is 3.70. The van der Waals surface area contributed by atoms with Crippen LogP contribution in [0.1, 0.15) is 36.6 Å². The lowest BCUT2D eigenvalue weighted by Gasteiger charge is -2.09. The molecule has 0 amide bonds. The van der Waals surface area contributed by atoms with Crippen molar-refractivity contribution < 1.29 is 5.11 Å². The molecule has 138 valence electrons. The molecule has 0 spiro atoms. The number of H-pyrrole nitrogens is 1. The number of hydrogen-bond donors (Lipinski definition) is 2. The lowest BCUT2D eigenvalue weighted by atomic mass is 9.98. The average molecular weight is 380 g/mol. The van der Waals surface area contributed by atoms with Gasteiger partial charge in [0.1, 0.15) is 0 Å². The van der Waals surface area contributed by atoms with Gasteiger partial charge in [-0.05, 0) is 48.7 Å². The van der Waals surface area contributed by atoms with Crippen LogP contribution in [-0.4, -0.2) is 31.0 Å². The summed E-state index contributed by atoms with van der Waals surface area (Å²) in [6.45, 7) is 3.86. The van der Waals surface area contributed by atoms with Crippen molar-refractivity contribution in [3.63, 3.8) is 0 Å². The maximum absolute atomic E-state index is 11.5. The summed E-state index contributed by atoms with van der Waals surface area (Å²) >= 11 is 1.22. The largest absolute Gasteiger partial charge is 0.393 e. The Hall–Kier alpha value is -2.77. The highest BCUT2D eigenvalue weighted by molar-refractivity contribution is 7.16. The Morgan fingerprint density at radius 1 is 1.22 bits per heavy atom. The predicted octanol–water partition coefficient (Wildman–Crippen LogP) is 3.25. The van der Waals surface area contributed by atoms with Crippen molar-refractivity contribution in [3.8, 4) is 5.82 Å². The number of aliphatic hydroxyl groups is 1. The molecule has 0 saturated heterocycles. The summed E-state index contributed by atoms with van der Waals surface area (Å²) in [7, 11) is 0. The Bertz CT molecular complexity index is 1120. The third-order valence-electron chi connectivity index (χ3n) is 4.57. The maximum Gasteiger partial charge on any atom is 0.305 e. The average Bonchev–Trinajstić information content (AvgIpc) is 3.26. The SMILES string of the molecule is CC(O)Cc1ccc(-n2ccc([C@@H](C)c3ccc4[nH]c(=O)sc4c3)n2)nc1. The van der Waals surface area contributed by atoms with E-state index in [1.807, 2.05) is 42.6 Å². The van der Waals surface area contributed by atoms with E-state index in [0.717, 1.165) is 32.9 Å². The number of nitrogens with zero attached hydrogens (tertiary/aromatic N) is 3. The van der Waals surface area contributed by atoms with Crippen LogP contribution in [0.25, 0.3) is 16.0 Å². The number of aromatic amines is 1. The molecule has 0 saturated carbocycles. The molecule has 3 heterocycles. The van der Waals surface area contributed by atoms with Gasteiger partial charge < -0.3 is 10.1 Å². The molecule has 1 aromatic carbocycles. The zero-order chi connectivity index (χ0) is 19.0. The van der Waals surface area contributed by atoms with Gasteiger partial charge in [-0.1, -0.05) is 30.4 Å². The van der Waals surface area contributed by atoms with Crippen molar-refractivity contribution in [1.82, 2.24) is 19.7 Å². The molecule has 7 heteroatoms. The molecule has 0 bridgehead atoms. The van der Waals surface area contributed by atoms with E-state index in [2.05, 4.69) is 22.0 Å². The van der Waals surface area contributed by atoms with Crippen molar-refractivity contribution in [2.75, 3.05) is 0 Å². The maximum atomic E-state index is 11.5. The lowest BCUT2D eigenvalue weighted by Crippen LogP contribution is -2.06. The van der Waals surface area contributed by atoms with E-state index in [4.69, 9.17) is 0 Å². The monoisotopic (exact) mass is 380 g/mol. The van der Waals surface area contributed by atoms with Crippen LogP contribution in [0, 0.1) is 0 Å². The molecule has 0 aliphatic rings. The summed E-state index contributed by atoms with van der Waals surface area (Å²) in [5.41, 5.74) is 3.91. The minimum atomic E-state index is -0.384. The Morgan fingerprint density at radius 2 is 2.07 bits per heavy atom. The number of pyridine rings is 1. The van der Waals surface area contributed by atoms with Gasteiger partial charge in [-0.15, -0.1) is 0 Å². The summed E-state index contributed by atoms with van der Waals surface area (Å²) < 4.78 is 2.71. The molecule has 4 aromatic rings. The van der Waals surface area contributed by atoms with Crippen LogP contribution in [0.2, 0.25) is 0 Å². The fourth-order valence-corrected chi connectivity index (χ4v) is 3.90. The molecule has 3 aromatic heterocycles. The first-order valence-electron chi connectivity index (χ1n) is 8.81. The van der Waals surface area contributed by atoms with Gasteiger partial charge in [-0.3, -0.25) is 4.79 Å². The summed E-state index contributed by atoms with van der Waals surface area (Å²) in [6, 6.07) is 11.9. The number of nitrogens with one attached hydrogen (secondary N) is 1. The molecule has 0 radical (unpaired) electrons. The summed E-state index contributed by atoms with van der Waals surface area (Å²) in [5.74, 6) is 0.837. The van der Waals surface area contributed by atoms with Gasteiger partial charge in [0.2, 0.25) is 0 Å². The summed E-state index contributed by atoms with van der Waals surface area (Å²) in [5, 5.41) is 14.1. The highest BCUT2D eigenvalue weighted by Gasteiger charge is 2.14. The summed E-state index contributed by atoms with van der Waals surface area (Å²) in [4.78, 5) is 18.7. The van der Waals surface area contributed by atoms with Crippen molar-refractivity contribution in [3.05, 3.63) is 75.3 Å². The number of aliphatic hydroxyl groups excluding tert-OH is 1. The van der Waals surface area contributed by atoms with Crippen LogP contribution in [0.5, 0.6) is 0 Å². The van der Waals surface area contributed by atoms with Crippen LogP contribution in [0.15, 0.2) is 53.6 Å². The van der Waals surface area contributed by atoms with E-state index in [1.54, 1.807) is 17.8 Å². The van der Waals surface area contributed by atoms with Crippen LogP contribution in [0.4, 0.5) is 0 Å². The zero-order valence-corrected chi connectivity index (χ0v) is 15.9. The molecular formula is C20H20N4O2S. The first-order valence-corrected chi connectivity index (χ1v) is 9.63. The van der Waals surface area contributed by atoms with E-state index in [-0.39, 0.29) is 16.9 Å². The fourth-order valence-electron chi connectivity index (χ4n) is 3.11. The predicted molar refractivity (Wildman–Crippen MR) is 107 cm³/mol. The highest BCUT2D eigenvalue weighted by Crippen LogP contribution is 2.26. The van der Waals surface area contributed by atoms with E-state index in [9.17, 15) is 9.90 Å². The van der Waals surface area contributed by atoms with Gasteiger partial charge in [-0.2, -0.15) is 5.10 Å². The quantitative estimate of drug-likeness (QED) is 0.557. The summed E-state index contributed by atoms with van der Waals surface area (Å²) in [6.07, 6.45) is 3.87. The van der Waals surface area contributed by atoms with E-state index in [0.29, 0.717) is 6.42 Å². The van der Waals surface area contributed by atoms with Crippen molar-refractivity contribution >= 4 is 21.6 Å². The number of hydrogen-bond acceptors (Lipinski definition) is 5. The molecule has 4 rings (SSSR count). The van der Waals surface area contributed by atoms with Gasteiger partial charge in [0.05, 0.1) is 22.0 Å².